The van der Waals surface area contributed by atoms with Gasteiger partial charge in [0.2, 0.25) is 5.91 Å². The molecule has 0 aromatic heterocycles. The third-order valence-corrected chi connectivity index (χ3v) is 4.68. The summed E-state index contributed by atoms with van der Waals surface area (Å²) in [5.74, 6) is 0.810. The Hall–Kier alpha value is -1.73. The van der Waals surface area contributed by atoms with Gasteiger partial charge in [0, 0.05) is 12.3 Å². The molecule has 4 heteroatoms. The molecule has 3 nitrogen and oxygen atoms in total. The van der Waals surface area contributed by atoms with Crippen LogP contribution in [0, 0.1) is 18.3 Å². The fraction of sp³-hybridized carbons (Fsp3) is 0.412. The number of nitrogens with one attached hydrogen (secondary N) is 1. The molecule has 0 bridgehead atoms. The van der Waals surface area contributed by atoms with Crippen LogP contribution in [0.3, 0.4) is 0 Å². The quantitative estimate of drug-likeness (QED) is 0.840. The Bertz CT molecular complexity index is 584. The van der Waals surface area contributed by atoms with Crippen LogP contribution in [0.2, 0.25) is 0 Å². The maximum absolute atomic E-state index is 12.0. The number of unbranched alkanes of at least 4 members (excludes halogenated alkanes) is 1. The Morgan fingerprint density at radius 1 is 1.38 bits per heavy atom. The Balaban J connectivity index is 2.30. The van der Waals surface area contributed by atoms with E-state index in [2.05, 4.69) is 18.3 Å². The van der Waals surface area contributed by atoms with Crippen molar-refractivity contribution in [3.63, 3.8) is 0 Å². The summed E-state index contributed by atoms with van der Waals surface area (Å²) in [7, 11) is 0. The molecule has 1 amide bonds. The second-order valence-electron chi connectivity index (χ2n) is 5.27. The van der Waals surface area contributed by atoms with Gasteiger partial charge in [-0.25, -0.2) is 0 Å². The Kier molecular flexibility index (Phi) is 5.46. The van der Waals surface area contributed by atoms with Crippen molar-refractivity contribution in [2.24, 2.45) is 0 Å². The number of carbonyl (C=O) groups is 1. The molecule has 21 heavy (non-hydrogen) atoms. The van der Waals surface area contributed by atoms with Crippen molar-refractivity contribution in [3.8, 4) is 6.07 Å². The zero-order valence-corrected chi connectivity index (χ0v) is 13.3. The van der Waals surface area contributed by atoms with E-state index >= 15 is 0 Å². The standard InChI is InChI=1S/C17H20N2OS/c1-3-4-9-21-17-15(11-18)14(10-16(20)19-17)13-7-5-12(2)6-8-13/h5-8,14H,3-4,9-10H2,1-2H3,(H,19,20). The van der Waals surface area contributed by atoms with E-state index < -0.39 is 0 Å². The van der Waals surface area contributed by atoms with Crippen LogP contribution in [0.1, 0.15) is 43.2 Å². The number of hydrogen-bond donors (Lipinski definition) is 1. The van der Waals surface area contributed by atoms with Crippen molar-refractivity contribution in [2.75, 3.05) is 5.75 Å². The largest absolute Gasteiger partial charge is 0.320 e. The van der Waals surface area contributed by atoms with Crippen LogP contribution >= 0.6 is 11.8 Å². The number of thioether (sulfide) groups is 1. The van der Waals surface area contributed by atoms with Crippen LogP contribution < -0.4 is 5.32 Å². The zero-order valence-electron chi connectivity index (χ0n) is 12.5. The summed E-state index contributed by atoms with van der Waals surface area (Å²) < 4.78 is 0. The van der Waals surface area contributed by atoms with Gasteiger partial charge in [0.25, 0.3) is 0 Å². The summed E-state index contributed by atoms with van der Waals surface area (Å²) in [5, 5.41) is 13.1. The molecule has 1 aliphatic heterocycles. The maximum Gasteiger partial charge on any atom is 0.225 e. The van der Waals surface area contributed by atoms with Crippen molar-refractivity contribution >= 4 is 17.7 Å². The molecule has 0 aliphatic carbocycles. The summed E-state index contributed by atoms with van der Waals surface area (Å²) in [5.41, 5.74) is 2.92. The third-order valence-electron chi connectivity index (χ3n) is 3.58. The highest BCUT2D eigenvalue weighted by Gasteiger charge is 2.29. The van der Waals surface area contributed by atoms with Gasteiger partial charge in [-0.1, -0.05) is 43.2 Å². The summed E-state index contributed by atoms with van der Waals surface area (Å²) in [6.45, 7) is 4.17. The van der Waals surface area contributed by atoms with E-state index in [1.807, 2.05) is 31.2 Å². The summed E-state index contributed by atoms with van der Waals surface area (Å²) >= 11 is 1.59. The zero-order chi connectivity index (χ0) is 15.2. The smallest absolute Gasteiger partial charge is 0.225 e. The first-order valence-electron chi connectivity index (χ1n) is 7.29. The van der Waals surface area contributed by atoms with E-state index in [-0.39, 0.29) is 11.8 Å². The Labute approximate surface area is 130 Å². The highest BCUT2D eigenvalue weighted by molar-refractivity contribution is 8.03. The van der Waals surface area contributed by atoms with E-state index in [1.165, 1.54) is 5.56 Å². The second-order valence-corrected chi connectivity index (χ2v) is 6.38. The molecule has 1 aromatic carbocycles. The molecule has 0 fully saturated rings. The normalized spacial score (nSPS) is 18.3. The van der Waals surface area contributed by atoms with E-state index in [4.69, 9.17) is 0 Å². The van der Waals surface area contributed by atoms with Gasteiger partial charge in [-0.05, 0) is 24.7 Å². The summed E-state index contributed by atoms with van der Waals surface area (Å²) in [6, 6.07) is 10.4. The van der Waals surface area contributed by atoms with Crippen LogP contribution in [0.15, 0.2) is 34.9 Å². The minimum absolute atomic E-state index is 0.00132. The lowest BCUT2D eigenvalue weighted by Crippen LogP contribution is -2.30. The highest BCUT2D eigenvalue weighted by atomic mass is 32.2. The summed E-state index contributed by atoms with van der Waals surface area (Å²) in [4.78, 5) is 12.0. The minimum Gasteiger partial charge on any atom is -0.320 e. The number of amides is 1. The van der Waals surface area contributed by atoms with Gasteiger partial charge >= 0.3 is 0 Å². The number of nitriles is 1. The van der Waals surface area contributed by atoms with E-state index in [9.17, 15) is 10.1 Å². The monoisotopic (exact) mass is 300 g/mol. The van der Waals surface area contributed by atoms with Crippen molar-refractivity contribution < 1.29 is 4.79 Å². The molecule has 1 unspecified atom stereocenters. The number of nitrogens with zero attached hydrogens (tertiary/aromatic N) is 1. The number of rotatable bonds is 5. The molecule has 0 spiro atoms. The number of allylic oxidation sites excluding steroid dienone is 1. The molecule has 0 saturated carbocycles. The highest BCUT2D eigenvalue weighted by Crippen LogP contribution is 2.36. The van der Waals surface area contributed by atoms with Gasteiger partial charge < -0.3 is 5.32 Å². The molecule has 1 aliphatic rings. The van der Waals surface area contributed by atoms with E-state index in [1.54, 1.807) is 11.8 Å². The molecule has 0 radical (unpaired) electrons. The van der Waals surface area contributed by atoms with Gasteiger partial charge in [-0.2, -0.15) is 5.26 Å². The number of hydrogen-bond acceptors (Lipinski definition) is 3. The number of benzene rings is 1. The molecule has 0 saturated heterocycles. The fourth-order valence-electron chi connectivity index (χ4n) is 2.34. The maximum atomic E-state index is 12.0. The predicted molar refractivity (Wildman–Crippen MR) is 86.7 cm³/mol. The van der Waals surface area contributed by atoms with Crippen molar-refractivity contribution in [1.29, 1.82) is 5.26 Å². The van der Waals surface area contributed by atoms with Gasteiger partial charge in [-0.15, -0.1) is 11.8 Å². The van der Waals surface area contributed by atoms with Crippen LogP contribution in [-0.4, -0.2) is 11.7 Å². The number of aryl methyl sites for hydroxylation is 1. The molecule has 2 rings (SSSR count). The lowest BCUT2D eigenvalue weighted by Gasteiger charge is -2.25. The molecular weight excluding hydrogens is 280 g/mol. The summed E-state index contributed by atoms with van der Waals surface area (Å²) in [6.07, 6.45) is 2.54. The predicted octanol–water partition coefficient (Wildman–Crippen LogP) is 3.87. The molecule has 1 aromatic rings. The van der Waals surface area contributed by atoms with Gasteiger partial charge in [0.15, 0.2) is 0 Å². The molecule has 1 heterocycles. The van der Waals surface area contributed by atoms with Crippen LogP contribution in [0.5, 0.6) is 0 Å². The SMILES string of the molecule is CCCCSC1=C(C#N)C(c2ccc(C)cc2)CC(=O)N1. The average Bonchev–Trinajstić information content (AvgIpc) is 2.48. The lowest BCUT2D eigenvalue weighted by atomic mass is 9.87. The van der Waals surface area contributed by atoms with E-state index in [0.29, 0.717) is 12.0 Å². The first kappa shape index (κ1) is 15.7. The topological polar surface area (TPSA) is 52.9 Å². The van der Waals surface area contributed by atoms with Crippen LogP contribution in [0.4, 0.5) is 0 Å². The number of carbonyl (C=O) groups excluding carboxylic acids is 1. The Morgan fingerprint density at radius 3 is 2.71 bits per heavy atom. The Morgan fingerprint density at radius 2 is 2.10 bits per heavy atom. The molecule has 1 N–H and O–H groups in total. The molecule has 110 valence electrons. The van der Waals surface area contributed by atoms with Gasteiger partial charge in [-0.3, -0.25) is 4.79 Å². The van der Waals surface area contributed by atoms with Crippen molar-refractivity contribution in [2.45, 2.75) is 39.0 Å². The first-order valence-corrected chi connectivity index (χ1v) is 8.27. The lowest BCUT2D eigenvalue weighted by molar-refractivity contribution is -0.120. The third kappa shape index (κ3) is 3.89. The minimum atomic E-state index is -0.117. The molecular formula is C17H20N2OS. The van der Waals surface area contributed by atoms with Crippen molar-refractivity contribution in [3.05, 3.63) is 46.0 Å². The van der Waals surface area contributed by atoms with Gasteiger partial charge in [0.1, 0.15) is 0 Å². The second kappa shape index (κ2) is 7.33. The average molecular weight is 300 g/mol. The molecule has 1 atom stereocenters. The van der Waals surface area contributed by atoms with Crippen molar-refractivity contribution in [1.82, 2.24) is 5.32 Å². The van der Waals surface area contributed by atoms with Crippen LogP contribution in [0.25, 0.3) is 0 Å². The van der Waals surface area contributed by atoms with Gasteiger partial charge in [0.05, 0.1) is 16.7 Å². The van der Waals surface area contributed by atoms with Crippen LogP contribution in [-0.2, 0) is 4.79 Å². The fourth-order valence-corrected chi connectivity index (χ4v) is 3.50. The van der Waals surface area contributed by atoms with E-state index in [0.717, 1.165) is 29.2 Å². The first-order chi connectivity index (χ1) is 10.2.